The summed E-state index contributed by atoms with van der Waals surface area (Å²) in [6, 6.07) is 7.85. The van der Waals surface area contributed by atoms with E-state index in [1.54, 1.807) is 7.11 Å². The van der Waals surface area contributed by atoms with Crippen molar-refractivity contribution in [3.8, 4) is 17.1 Å². The lowest BCUT2D eigenvalue weighted by Gasteiger charge is -2.28. The fraction of sp³-hybridized carbons (Fsp3) is 0.571. The average molecular weight is 403 g/mol. The molecule has 1 saturated heterocycles. The zero-order valence-electron chi connectivity index (χ0n) is 17.2. The van der Waals surface area contributed by atoms with Gasteiger partial charge in [0, 0.05) is 25.2 Å². The number of carbonyl (C=O) groups excluding carboxylic acids is 1. The smallest absolute Gasteiger partial charge is 0.235 e. The quantitative estimate of drug-likeness (QED) is 0.653. The lowest BCUT2D eigenvalue weighted by molar-refractivity contribution is -0.131. The third kappa shape index (κ3) is 4.87. The molecule has 0 spiro atoms. The van der Waals surface area contributed by atoms with E-state index in [1.165, 1.54) is 18.2 Å². The van der Waals surface area contributed by atoms with Crippen LogP contribution in [0.15, 0.2) is 29.4 Å². The fourth-order valence-corrected chi connectivity index (χ4v) is 4.38. The van der Waals surface area contributed by atoms with Crippen LogP contribution in [0.3, 0.4) is 0 Å². The number of aromatic nitrogens is 3. The third-order valence-electron chi connectivity index (χ3n) is 4.91. The minimum atomic E-state index is -0.170. The summed E-state index contributed by atoms with van der Waals surface area (Å²) >= 11 is 1.51. The molecular weight excluding hydrogens is 372 g/mol. The highest BCUT2D eigenvalue weighted by Gasteiger charge is 2.26. The molecule has 1 aromatic carbocycles. The molecule has 0 aliphatic carbocycles. The molecule has 7 heteroatoms. The fourth-order valence-electron chi connectivity index (χ4n) is 3.44. The van der Waals surface area contributed by atoms with Gasteiger partial charge in [-0.3, -0.25) is 4.79 Å². The van der Waals surface area contributed by atoms with E-state index in [9.17, 15) is 4.79 Å². The first-order valence-electron chi connectivity index (χ1n) is 10.0. The number of amides is 1. The maximum Gasteiger partial charge on any atom is 0.235 e. The van der Waals surface area contributed by atoms with Crippen molar-refractivity contribution in [2.24, 2.45) is 5.92 Å². The van der Waals surface area contributed by atoms with Crippen molar-refractivity contribution in [3.63, 3.8) is 0 Å². The molecule has 1 aromatic heterocycles. The summed E-state index contributed by atoms with van der Waals surface area (Å²) in [7, 11) is 1.66. The molecule has 2 aromatic rings. The van der Waals surface area contributed by atoms with Crippen molar-refractivity contribution < 1.29 is 9.53 Å². The Labute approximate surface area is 171 Å². The Morgan fingerprint density at radius 2 is 1.79 bits per heavy atom. The highest BCUT2D eigenvalue weighted by Crippen LogP contribution is 2.29. The molecule has 3 rings (SSSR count). The van der Waals surface area contributed by atoms with Crippen molar-refractivity contribution in [2.75, 3.05) is 20.2 Å². The Morgan fingerprint density at radius 3 is 2.39 bits per heavy atom. The maximum absolute atomic E-state index is 12.8. The molecule has 1 fully saturated rings. The summed E-state index contributed by atoms with van der Waals surface area (Å²) in [6.07, 6.45) is 3.43. The van der Waals surface area contributed by atoms with Crippen LogP contribution in [-0.4, -0.2) is 51.0 Å². The molecule has 152 valence electrons. The van der Waals surface area contributed by atoms with E-state index >= 15 is 0 Å². The topological polar surface area (TPSA) is 60.3 Å². The second kappa shape index (κ2) is 9.45. The van der Waals surface area contributed by atoms with Crippen molar-refractivity contribution in [3.05, 3.63) is 24.3 Å². The van der Waals surface area contributed by atoms with E-state index in [4.69, 9.17) is 4.74 Å². The molecule has 0 unspecified atom stereocenters. The van der Waals surface area contributed by atoms with Crippen molar-refractivity contribution in [1.29, 1.82) is 0 Å². The van der Waals surface area contributed by atoms with Gasteiger partial charge in [0.25, 0.3) is 0 Å². The summed E-state index contributed by atoms with van der Waals surface area (Å²) in [6.45, 7) is 8.88. The number of rotatable bonds is 7. The number of nitrogens with zero attached hydrogens (tertiary/aromatic N) is 4. The van der Waals surface area contributed by atoms with Crippen LogP contribution in [0.2, 0.25) is 0 Å². The second-order valence-corrected chi connectivity index (χ2v) is 8.99. The highest BCUT2D eigenvalue weighted by atomic mass is 32.2. The molecule has 2 heterocycles. The van der Waals surface area contributed by atoms with Gasteiger partial charge >= 0.3 is 0 Å². The van der Waals surface area contributed by atoms with Crippen molar-refractivity contribution in [1.82, 2.24) is 19.7 Å². The van der Waals surface area contributed by atoms with Gasteiger partial charge in [0.05, 0.1) is 12.4 Å². The molecule has 0 N–H and O–H groups in total. The predicted molar refractivity (Wildman–Crippen MR) is 113 cm³/mol. The van der Waals surface area contributed by atoms with Gasteiger partial charge < -0.3 is 14.2 Å². The number of carbonyl (C=O) groups is 1. The molecule has 6 nitrogen and oxygen atoms in total. The maximum atomic E-state index is 12.8. The number of hydrogen-bond donors (Lipinski definition) is 0. The Morgan fingerprint density at radius 1 is 1.11 bits per heavy atom. The lowest BCUT2D eigenvalue weighted by Crippen LogP contribution is -2.40. The zero-order valence-corrected chi connectivity index (χ0v) is 18.0. The predicted octanol–water partition coefficient (Wildman–Crippen LogP) is 4.10. The van der Waals surface area contributed by atoms with Crippen LogP contribution < -0.4 is 4.74 Å². The Bertz CT molecular complexity index is 782. The normalized spacial score (nSPS) is 15.7. The zero-order chi connectivity index (χ0) is 20.1. The van der Waals surface area contributed by atoms with E-state index in [0.29, 0.717) is 5.92 Å². The van der Waals surface area contributed by atoms with E-state index in [1.807, 2.05) is 36.1 Å². The van der Waals surface area contributed by atoms with E-state index < -0.39 is 0 Å². The Kier molecular flexibility index (Phi) is 6.99. The van der Waals surface area contributed by atoms with Crippen LogP contribution in [0.25, 0.3) is 11.4 Å². The number of thioether (sulfide) groups is 1. The van der Waals surface area contributed by atoms with Gasteiger partial charge in [-0.05, 0) is 56.4 Å². The van der Waals surface area contributed by atoms with Crippen LogP contribution in [0, 0.1) is 5.92 Å². The molecule has 28 heavy (non-hydrogen) atoms. The average Bonchev–Trinajstić information content (AvgIpc) is 3.09. The number of benzene rings is 1. The van der Waals surface area contributed by atoms with E-state index in [-0.39, 0.29) is 11.2 Å². The number of ether oxygens (including phenoxy) is 1. The number of methoxy groups -OCH3 is 1. The molecule has 0 radical (unpaired) electrons. The monoisotopic (exact) mass is 402 g/mol. The summed E-state index contributed by atoms with van der Waals surface area (Å²) in [5, 5.41) is 9.51. The van der Waals surface area contributed by atoms with Crippen LogP contribution >= 0.6 is 11.8 Å². The van der Waals surface area contributed by atoms with E-state index in [0.717, 1.165) is 54.8 Å². The molecule has 1 aliphatic heterocycles. The molecule has 1 aliphatic rings. The van der Waals surface area contributed by atoms with E-state index in [2.05, 4.69) is 28.6 Å². The number of piperidine rings is 1. The second-order valence-electron chi connectivity index (χ2n) is 7.69. The first-order chi connectivity index (χ1) is 13.5. The molecule has 1 amide bonds. The summed E-state index contributed by atoms with van der Waals surface area (Å²) < 4.78 is 7.39. The first kappa shape index (κ1) is 20.7. The van der Waals surface area contributed by atoms with Gasteiger partial charge in [-0.25, -0.2) is 0 Å². The Balaban J connectivity index is 1.81. The summed E-state index contributed by atoms with van der Waals surface area (Å²) in [5.74, 6) is 2.29. The van der Waals surface area contributed by atoms with Gasteiger partial charge in [0.2, 0.25) is 5.91 Å². The van der Waals surface area contributed by atoms with Crippen LogP contribution in [0.1, 0.15) is 40.0 Å². The first-order valence-corrected chi connectivity index (χ1v) is 10.9. The van der Waals surface area contributed by atoms with Crippen molar-refractivity contribution in [2.45, 2.75) is 57.0 Å². The summed E-state index contributed by atoms with van der Waals surface area (Å²) in [5.41, 5.74) is 0.996. The van der Waals surface area contributed by atoms with Crippen LogP contribution in [-0.2, 0) is 11.3 Å². The largest absolute Gasteiger partial charge is 0.497 e. The van der Waals surface area contributed by atoms with Crippen LogP contribution in [0.5, 0.6) is 5.75 Å². The summed E-state index contributed by atoms with van der Waals surface area (Å²) in [4.78, 5) is 14.8. The minimum absolute atomic E-state index is 0.170. The molecule has 1 atom stereocenters. The Hall–Kier alpha value is -2.02. The minimum Gasteiger partial charge on any atom is -0.497 e. The lowest BCUT2D eigenvalue weighted by atomic mass is 10.1. The van der Waals surface area contributed by atoms with Gasteiger partial charge in [0.15, 0.2) is 11.0 Å². The van der Waals surface area contributed by atoms with Crippen molar-refractivity contribution >= 4 is 17.7 Å². The standard InChI is InChI=1S/C21H30N4O2S/c1-15(2)14-25-19(17-8-10-18(27-4)11-9-17)22-23-21(25)28-16(3)20(26)24-12-6-5-7-13-24/h8-11,15-16H,5-7,12-14H2,1-4H3/t16-/m1/s1. The molecular formula is C21H30N4O2S. The van der Waals surface area contributed by atoms with Crippen LogP contribution in [0.4, 0.5) is 0 Å². The molecule has 0 saturated carbocycles. The highest BCUT2D eigenvalue weighted by molar-refractivity contribution is 8.00. The third-order valence-corrected chi connectivity index (χ3v) is 5.98. The van der Waals surface area contributed by atoms with Gasteiger partial charge in [-0.1, -0.05) is 25.6 Å². The number of likely N-dealkylation sites (tertiary alicyclic amines) is 1. The number of hydrogen-bond acceptors (Lipinski definition) is 5. The molecule has 0 bridgehead atoms. The van der Waals surface area contributed by atoms with Gasteiger partial charge in [-0.2, -0.15) is 0 Å². The van der Waals surface area contributed by atoms with Gasteiger partial charge in [-0.15, -0.1) is 10.2 Å². The SMILES string of the molecule is COc1ccc(-c2nnc(S[C@H](C)C(=O)N3CCCCC3)n2CC(C)C)cc1. The van der Waals surface area contributed by atoms with Gasteiger partial charge in [0.1, 0.15) is 5.75 Å².